The summed E-state index contributed by atoms with van der Waals surface area (Å²) < 4.78 is 12.0. The second-order valence-electron chi connectivity index (χ2n) is 12.2. The van der Waals surface area contributed by atoms with Gasteiger partial charge in [-0.2, -0.15) is 15.2 Å². The lowest BCUT2D eigenvalue weighted by atomic mass is 9.71. The molecule has 3 unspecified atom stereocenters. The van der Waals surface area contributed by atoms with E-state index in [1.165, 1.54) is 29.2 Å². The van der Waals surface area contributed by atoms with Crippen LogP contribution in [0.3, 0.4) is 0 Å². The maximum Gasteiger partial charge on any atom is 0.318 e. The molecule has 2 saturated heterocycles. The molecule has 0 N–H and O–H groups in total. The first-order valence-electron chi connectivity index (χ1n) is 14.9. The van der Waals surface area contributed by atoms with E-state index in [-0.39, 0.29) is 23.8 Å². The minimum Gasteiger partial charge on any atom is -0.496 e. The van der Waals surface area contributed by atoms with Crippen LogP contribution in [0.25, 0.3) is 0 Å². The lowest BCUT2D eigenvalue weighted by molar-refractivity contribution is -0.128. The number of fused-ring (bicyclic) bond motifs is 2. The monoisotopic (exact) mass is 556 g/mol. The summed E-state index contributed by atoms with van der Waals surface area (Å²) in [4.78, 5) is 28.9. The van der Waals surface area contributed by atoms with E-state index in [4.69, 9.17) is 19.4 Å². The predicted molar refractivity (Wildman–Crippen MR) is 156 cm³/mol. The third-order valence-corrected chi connectivity index (χ3v) is 9.71. The van der Waals surface area contributed by atoms with E-state index in [0.29, 0.717) is 38.3 Å². The van der Waals surface area contributed by atoms with E-state index in [2.05, 4.69) is 47.7 Å². The molecule has 1 aromatic carbocycles. The molecule has 1 aromatic heterocycles. The summed E-state index contributed by atoms with van der Waals surface area (Å²) in [7, 11) is 3.90. The van der Waals surface area contributed by atoms with E-state index in [1.54, 1.807) is 12.0 Å². The summed E-state index contributed by atoms with van der Waals surface area (Å²) in [5, 5.41) is 9.52. The number of hydrogen-bond acceptors (Lipinski definition) is 8. The topological polar surface area (TPSA) is 94.8 Å². The van der Waals surface area contributed by atoms with Gasteiger partial charge in [-0.05, 0) is 87.2 Å². The van der Waals surface area contributed by atoms with Gasteiger partial charge in [0.15, 0.2) is 0 Å². The van der Waals surface area contributed by atoms with E-state index >= 15 is 0 Å². The Morgan fingerprint density at radius 3 is 2.83 bits per heavy atom. The number of nitriles is 1. The van der Waals surface area contributed by atoms with Crippen molar-refractivity contribution < 1.29 is 14.3 Å². The van der Waals surface area contributed by atoms with Gasteiger partial charge in [0.05, 0.1) is 31.3 Å². The third-order valence-electron chi connectivity index (χ3n) is 9.71. The zero-order chi connectivity index (χ0) is 28.6. The van der Waals surface area contributed by atoms with Crippen molar-refractivity contribution in [2.24, 2.45) is 5.41 Å². The van der Waals surface area contributed by atoms with E-state index < -0.39 is 0 Å². The number of likely N-dealkylation sites (N-methyl/N-ethyl adjacent to an activating group) is 1. The molecule has 2 fully saturated rings. The van der Waals surface area contributed by atoms with Crippen LogP contribution >= 0.6 is 0 Å². The standard InChI is InChI=1S/C32H40N6O3/c1-4-29(39)38-16-15-37(20-23(38)11-13-33)30-25-10-12-32(17-22-7-5-9-28(40-3)26(22)18-32)19-27(25)34-31(35-30)41-21-24-8-6-14-36(24)2/h4-5,7,9,23-24H,1,6,8,10-12,14-21H2,2-3H3. The number of anilines is 1. The Kier molecular flexibility index (Phi) is 7.60. The van der Waals surface area contributed by atoms with Gasteiger partial charge < -0.3 is 24.2 Å². The molecule has 9 nitrogen and oxygen atoms in total. The SMILES string of the molecule is C=CC(=O)N1CCN(c2nc(OCC3CCCN3C)nc3c2CCC2(Cc4cccc(OC)c4C2)C3)CC1CC#N. The van der Waals surface area contributed by atoms with Crippen LogP contribution in [0.4, 0.5) is 5.82 Å². The number of carbonyl (C=O) groups excluding carboxylic acids is 1. The highest BCUT2D eigenvalue weighted by atomic mass is 16.5. The molecule has 0 radical (unpaired) electrons. The molecule has 2 aromatic rings. The molecule has 1 amide bonds. The number of rotatable bonds is 7. The average Bonchev–Trinajstić information content (AvgIpc) is 3.57. The number of hydrogen-bond donors (Lipinski definition) is 0. The largest absolute Gasteiger partial charge is 0.496 e. The molecule has 2 aliphatic heterocycles. The quantitative estimate of drug-likeness (QED) is 0.480. The van der Waals surface area contributed by atoms with Crippen molar-refractivity contribution >= 4 is 11.7 Å². The maximum absolute atomic E-state index is 12.5. The van der Waals surface area contributed by atoms with Gasteiger partial charge in [-0.25, -0.2) is 0 Å². The Morgan fingerprint density at radius 2 is 2.07 bits per heavy atom. The van der Waals surface area contributed by atoms with Crippen molar-refractivity contribution in [1.29, 1.82) is 5.26 Å². The van der Waals surface area contributed by atoms with Crippen LogP contribution in [-0.2, 0) is 30.5 Å². The van der Waals surface area contributed by atoms with Gasteiger partial charge in [-0.1, -0.05) is 18.7 Å². The number of piperazine rings is 1. The fourth-order valence-corrected chi connectivity index (χ4v) is 7.46. The van der Waals surface area contributed by atoms with Gasteiger partial charge in [-0.3, -0.25) is 4.79 Å². The first-order chi connectivity index (χ1) is 19.9. The molecular weight excluding hydrogens is 516 g/mol. The van der Waals surface area contributed by atoms with Gasteiger partial charge >= 0.3 is 6.01 Å². The van der Waals surface area contributed by atoms with Crippen LogP contribution in [-0.4, -0.2) is 84.7 Å². The number of benzene rings is 1. The maximum atomic E-state index is 12.5. The molecule has 6 rings (SSSR count). The van der Waals surface area contributed by atoms with Gasteiger partial charge in [0.1, 0.15) is 18.2 Å². The van der Waals surface area contributed by atoms with Gasteiger partial charge in [-0.15, -0.1) is 0 Å². The predicted octanol–water partition coefficient (Wildman–Crippen LogP) is 3.35. The molecule has 9 heteroatoms. The molecule has 4 aliphatic rings. The summed E-state index contributed by atoms with van der Waals surface area (Å²) in [6.45, 7) is 7.04. The first kappa shape index (κ1) is 27.5. The summed E-state index contributed by atoms with van der Waals surface area (Å²) in [6.07, 6.45) is 8.73. The normalized spacial score (nSPS) is 25.5. The van der Waals surface area contributed by atoms with Crippen molar-refractivity contribution in [2.75, 3.05) is 51.8 Å². The fraction of sp³-hybridized carbons (Fsp3) is 0.562. The van der Waals surface area contributed by atoms with Crippen molar-refractivity contribution in [2.45, 2.75) is 63.5 Å². The average molecular weight is 557 g/mol. The molecule has 3 heterocycles. The molecule has 3 atom stereocenters. The molecule has 0 bridgehead atoms. The van der Waals surface area contributed by atoms with Crippen LogP contribution in [0.15, 0.2) is 30.9 Å². The smallest absolute Gasteiger partial charge is 0.318 e. The van der Waals surface area contributed by atoms with Crippen LogP contribution in [0.5, 0.6) is 11.8 Å². The van der Waals surface area contributed by atoms with Crippen molar-refractivity contribution in [1.82, 2.24) is 19.8 Å². The van der Waals surface area contributed by atoms with Gasteiger partial charge in [0, 0.05) is 31.2 Å². The Morgan fingerprint density at radius 1 is 1.20 bits per heavy atom. The summed E-state index contributed by atoms with van der Waals surface area (Å²) in [5.74, 6) is 1.76. The first-order valence-corrected chi connectivity index (χ1v) is 14.9. The Labute approximate surface area is 242 Å². The Hall–Kier alpha value is -3.64. The minimum atomic E-state index is -0.215. The van der Waals surface area contributed by atoms with E-state index in [0.717, 1.165) is 62.3 Å². The molecular formula is C32H40N6O3. The molecule has 0 saturated carbocycles. The number of likely N-dealkylation sites (tertiary alicyclic amines) is 1. The number of aromatic nitrogens is 2. The molecule has 1 spiro atoms. The second-order valence-corrected chi connectivity index (χ2v) is 12.2. The van der Waals surface area contributed by atoms with Crippen LogP contribution in [0.2, 0.25) is 0 Å². The highest BCUT2D eigenvalue weighted by Crippen LogP contribution is 2.49. The molecule has 41 heavy (non-hydrogen) atoms. The summed E-state index contributed by atoms with van der Waals surface area (Å²) >= 11 is 0. The number of carbonyl (C=O) groups is 1. The van der Waals surface area contributed by atoms with Crippen LogP contribution in [0.1, 0.15) is 48.1 Å². The molecule has 2 aliphatic carbocycles. The zero-order valence-corrected chi connectivity index (χ0v) is 24.3. The van der Waals surface area contributed by atoms with Crippen LogP contribution < -0.4 is 14.4 Å². The van der Waals surface area contributed by atoms with Gasteiger partial charge in [0.25, 0.3) is 0 Å². The van der Waals surface area contributed by atoms with Crippen molar-refractivity contribution in [3.63, 3.8) is 0 Å². The van der Waals surface area contributed by atoms with E-state index in [9.17, 15) is 10.1 Å². The van der Waals surface area contributed by atoms with Crippen molar-refractivity contribution in [3.05, 3.63) is 53.2 Å². The Bertz CT molecular complexity index is 1370. The molecule has 216 valence electrons. The number of ether oxygens (including phenoxy) is 2. The lowest BCUT2D eigenvalue weighted by Gasteiger charge is -2.42. The van der Waals surface area contributed by atoms with E-state index in [1.807, 2.05) is 0 Å². The van der Waals surface area contributed by atoms with Crippen LogP contribution in [0, 0.1) is 16.7 Å². The number of amides is 1. The highest BCUT2D eigenvalue weighted by molar-refractivity contribution is 5.87. The summed E-state index contributed by atoms with van der Waals surface area (Å²) in [5.41, 5.74) is 5.07. The zero-order valence-electron chi connectivity index (χ0n) is 24.3. The number of methoxy groups -OCH3 is 1. The lowest BCUT2D eigenvalue weighted by Crippen LogP contribution is -2.55. The Balaban J connectivity index is 1.31. The number of nitrogens with zero attached hydrogens (tertiary/aromatic N) is 6. The fourth-order valence-electron chi connectivity index (χ4n) is 7.46. The summed E-state index contributed by atoms with van der Waals surface area (Å²) in [6, 6.07) is 9.25. The highest BCUT2D eigenvalue weighted by Gasteiger charge is 2.43. The third kappa shape index (κ3) is 5.26. The minimum absolute atomic E-state index is 0.108. The van der Waals surface area contributed by atoms with Gasteiger partial charge in [0.2, 0.25) is 5.91 Å². The second kappa shape index (κ2) is 11.3. The van der Waals surface area contributed by atoms with Crippen molar-refractivity contribution in [3.8, 4) is 17.8 Å².